The molecule has 1 heterocycles. The van der Waals surface area contributed by atoms with Crippen LogP contribution in [0.25, 0.3) is 0 Å². The fraction of sp³-hybridized carbons (Fsp3) is 0.562. The number of nitro benzene ring substituents is 1. The maximum absolute atomic E-state index is 12.0. The third kappa shape index (κ3) is 4.99. The molecule has 1 saturated heterocycles. The molecule has 1 aliphatic heterocycles. The van der Waals surface area contributed by atoms with Gasteiger partial charge in [-0.3, -0.25) is 10.1 Å². The van der Waals surface area contributed by atoms with Gasteiger partial charge < -0.3 is 15.0 Å². The highest BCUT2D eigenvalue weighted by molar-refractivity contribution is 6.31. The number of carbonyl (C=O) groups excluding carboxylic acids is 1. The molecule has 1 N–H and O–H groups in total. The molecule has 8 heteroatoms. The molecule has 0 saturated carbocycles. The van der Waals surface area contributed by atoms with E-state index >= 15 is 0 Å². The molecule has 0 radical (unpaired) electrons. The van der Waals surface area contributed by atoms with E-state index in [4.69, 9.17) is 16.3 Å². The van der Waals surface area contributed by atoms with E-state index in [1.807, 2.05) is 20.8 Å². The predicted octanol–water partition coefficient (Wildman–Crippen LogP) is 4.06. The summed E-state index contributed by atoms with van der Waals surface area (Å²) in [6.45, 7) is 6.58. The van der Waals surface area contributed by atoms with Gasteiger partial charge in [0.15, 0.2) is 0 Å². The van der Waals surface area contributed by atoms with Crippen LogP contribution in [0.4, 0.5) is 16.2 Å². The van der Waals surface area contributed by atoms with Gasteiger partial charge in [0, 0.05) is 30.2 Å². The maximum atomic E-state index is 12.0. The standard InChI is InChI=1S/C16H22ClN3O4/c1-16(2,3)24-15(21)19-8-6-12(7-9-19)18-13-10-11(17)4-5-14(13)20(22)23/h4-5,10,12,18H,6-9H2,1-3H3. The Morgan fingerprint density at radius 2 is 2.00 bits per heavy atom. The first-order valence-electron chi connectivity index (χ1n) is 7.84. The van der Waals surface area contributed by atoms with Crippen molar-refractivity contribution in [3.8, 4) is 0 Å². The van der Waals surface area contributed by atoms with Gasteiger partial charge in [0.05, 0.1) is 4.92 Å². The minimum atomic E-state index is -0.520. The molecule has 1 aromatic carbocycles. The summed E-state index contributed by atoms with van der Waals surface area (Å²) in [6.07, 6.45) is 1.04. The summed E-state index contributed by atoms with van der Waals surface area (Å²) in [7, 11) is 0. The number of nitrogens with zero attached hydrogens (tertiary/aromatic N) is 2. The van der Waals surface area contributed by atoms with Crippen LogP contribution in [-0.2, 0) is 4.74 Å². The summed E-state index contributed by atoms with van der Waals surface area (Å²) in [4.78, 5) is 24.4. The van der Waals surface area contributed by atoms with Crippen LogP contribution in [0.1, 0.15) is 33.6 Å². The topological polar surface area (TPSA) is 84.7 Å². The molecule has 0 aromatic heterocycles. The Bertz CT molecular complexity index is 622. The molecule has 0 bridgehead atoms. The lowest BCUT2D eigenvalue weighted by atomic mass is 10.0. The number of hydrogen-bond acceptors (Lipinski definition) is 5. The highest BCUT2D eigenvalue weighted by Gasteiger charge is 2.27. The van der Waals surface area contributed by atoms with Crippen LogP contribution in [0.2, 0.25) is 5.02 Å². The van der Waals surface area contributed by atoms with Gasteiger partial charge >= 0.3 is 6.09 Å². The van der Waals surface area contributed by atoms with Crippen molar-refractivity contribution >= 4 is 29.1 Å². The van der Waals surface area contributed by atoms with Crippen molar-refractivity contribution in [2.45, 2.75) is 45.3 Å². The number of amides is 1. The molecule has 1 aliphatic rings. The molecule has 132 valence electrons. The number of ether oxygens (including phenoxy) is 1. The van der Waals surface area contributed by atoms with Gasteiger partial charge in [0.1, 0.15) is 11.3 Å². The van der Waals surface area contributed by atoms with E-state index in [1.165, 1.54) is 12.1 Å². The number of piperidine rings is 1. The summed E-state index contributed by atoms with van der Waals surface area (Å²) in [6, 6.07) is 4.48. The number of carbonyl (C=O) groups is 1. The fourth-order valence-electron chi connectivity index (χ4n) is 2.54. The van der Waals surface area contributed by atoms with E-state index in [1.54, 1.807) is 11.0 Å². The highest BCUT2D eigenvalue weighted by Crippen LogP contribution is 2.29. The van der Waals surface area contributed by atoms with Crippen LogP contribution in [0.3, 0.4) is 0 Å². The average molecular weight is 356 g/mol. The molecular weight excluding hydrogens is 334 g/mol. The number of anilines is 1. The second-order valence-electron chi connectivity index (χ2n) is 6.80. The number of nitrogens with one attached hydrogen (secondary N) is 1. The first-order valence-corrected chi connectivity index (χ1v) is 8.22. The molecule has 1 aromatic rings. The van der Waals surface area contributed by atoms with Gasteiger partial charge in [-0.25, -0.2) is 4.79 Å². The highest BCUT2D eigenvalue weighted by atomic mass is 35.5. The van der Waals surface area contributed by atoms with E-state index < -0.39 is 10.5 Å². The molecule has 0 spiro atoms. The van der Waals surface area contributed by atoms with E-state index in [-0.39, 0.29) is 17.8 Å². The quantitative estimate of drug-likeness (QED) is 0.652. The minimum absolute atomic E-state index is 0.00558. The summed E-state index contributed by atoms with van der Waals surface area (Å²) in [5.41, 5.74) is -0.120. The van der Waals surface area contributed by atoms with Crippen molar-refractivity contribution in [3.63, 3.8) is 0 Å². The monoisotopic (exact) mass is 355 g/mol. The van der Waals surface area contributed by atoms with E-state index in [9.17, 15) is 14.9 Å². The minimum Gasteiger partial charge on any atom is -0.444 e. The smallest absolute Gasteiger partial charge is 0.410 e. The lowest BCUT2D eigenvalue weighted by Gasteiger charge is -2.34. The number of likely N-dealkylation sites (tertiary alicyclic amines) is 1. The first kappa shape index (κ1) is 18.3. The normalized spacial score (nSPS) is 15.9. The number of benzene rings is 1. The number of hydrogen-bond donors (Lipinski definition) is 1. The Balaban J connectivity index is 1.95. The van der Waals surface area contributed by atoms with E-state index in [2.05, 4.69) is 5.32 Å². The molecule has 1 amide bonds. The van der Waals surface area contributed by atoms with Gasteiger partial charge in [0.25, 0.3) is 5.69 Å². The molecule has 0 aliphatic carbocycles. The van der Waals surface area contributed by atoms with Crippen molar-refractivity contribution in [2.75, 3.05) is 18.4 Å². The second-order valence-corrected chi connectivity index (χ2v) is 7.24. The first-order chi connectivity index (χ1) is 11.2. The van der Waals surface area contributed by atoms with Gasteiger partial charge in [-0.05, 0) is 45.7 Å². The summed E-state index contributed by atoms with van der Waals surface area (Å²) in [5, 5.41) is 14.7. The molecular formula is C16H22ClN3O4. The Kier molecular flexibility index (Phi) is 5.54. The van der Waals surface area contributed by atoms with Gasteiger partial charge in [-0.2, -0.15) is 0 Å². The Labute approximate surface area is 146 Å². The summed E-state index contributed by atoms with van der Waals surface area (Å²) < 4.78 is 5.36. The number of halogens is 1. The average Bonchev–Trinajstić information content (AvgIpc) is 2.46. The van der Waals surface area contributed by atoms with Gasteiger partial charge in [0.2, 0.25) is 0 Å². The number of rotatable bonds is 3. The molecule has 0 atom stereocenters. The largest absolute Gasteiger partial charge is 0.444 e. The molecule has 0 unspecified atom stereocenters. The third-order valence-corrected chi connectivity index (χ3v) is 3.90. The Morgan fingerprint density at radius 3 is 2.54 bits per heavy atom. The lowest BCUT2D eigenvalue weighted by molar-refractivity contribution is -0.384. The zero-order chi connectivity index (χ0) is 17.9. The van der Waals surface area contributed by atoms with Crippen molar-refractivity contribution in [1.29, 1.82) is 0 Å². The maximum Gasteiger partial charge on any atom is 0.410 e. The third-order valence-electron chi connectivity index (χ3n) is 3.66. The molecule has 7 nitrogen and oxygen atoms in total. The van der Waals surface area contributed by atoms with Crippen LogP contribution in [-0.4, -0.2) is 40.6 Å². The van der Waals surface area contributed by atoms with Crippen LogP contribution in [0.5, 0.6) is 0 Å². The second kappa shape index (κ2) is 7.25. The number of nitro groups is 1. The summed E-state index contributed by atoms with van der Waals surface area (Å²) >= 11 is 5.93. The van der Waals surface area contributed by atoms with Crippen LogP contribution < -0.4 is 5.32 Å². The fourth-order valence-corrected chi connectivity index (χ4v) is 2.71. The Hall–Kier alpha value is -2.02. The Morgan fingerprint density at radius 1 is 1.38 bits per heavy atom. The lowest BCUT2D eigenvalue weighted by Crippen LogP contribution is -2.44. The van der Waals surface area contributed by atoms with Gasteiger partial charge in [-0.1, -0.05) is 11.6 Å². The van der Waals surface area contributed by atoms with E-state index in [0.717, 1.165) is 0 Å². The predicted molar refractivity (Wildman–Crippen MR) is 92.6 cm³/mol. The van der Waals surface area contributed by atoms with Gasteiger partial charge in [-0.15, -0.1) is 0 Å². The zero-order valence-corrected chi connectivity index (χ0v) is 14.8. The van der Waals surface area contributed by atoms with Crippen LogP contribution >= 0.6 is 11.6 Å². The summed E-state index contributed by atoms with van der Waals surface area (Å²) in [5.74, 6) is 0. The van der Waals surface area contributed by atoms with Crippen molar-refractivity contribution in [2.24, 2.45) is 0 Å². The van der Waals surface area contributed by atoms with Crippen molar-refractivity contribution < 1.29 is 14.5 Å². The molecule has 24 heavy (non-hydrogen) atoms. The van der Waals surface area contributed by atoms with Crippen LogP contribution in [0, 0.1) is 10.1 Å². The SMILES string of the molecule is CC(C)(C)OC(=O)N1CCC(Nc2cc(Cl)ccc2[N+](=O)[O-])CC1. The molecule has 2 rings (SSSR count). The van der Waals surface area contributed by atoms with Crippen molar-refractivity contribution in [3.05, 3.63) is 33.3 Å². The van der Waals surface area contributed by atoms with Crippen molar-refractivity contribution in [1.82, 2.24) is 4.90 Å². The molecule has 1 fully saturated rings. The zero-order valence-electron chi connectivity index (χ0n) is 14.0. The van der Waals surface area contributed by atoms with Crippen LogP contribution in [0.15, 0.2) is 18.2 Å². The van der Waals surface area contributed by atoms with E-state index in [0.29, 0.717) is 36.6 Å².